The van der Waals surface area contributed by atoms with Crippen molar-refractivity contribution in [2.45, 2.75) is 13.8 Å². The molecule has 2 N–H and O–H groups in total. The summed E-state index contributed by atoms with van der Waals surface area (Å²) in [5, 5.41) is 25.9. The number of amides is 1. The van der Waals surface area contributed by atoms with Gasteiger partial charge in [-0.2, -0.15) is 5.26 Å². The zero-order chi connectivity index (χ0) is 19.3. The van der Waals surface area contributed by atoms with Crippen LogP contribution in [0.1, 0.15) is 16.7 Å². The van der Waals surface area contributed by atoms with Gasteiger partial charge in [0.2, 0.25) is 0 Å². The number of rotatable bonds is 5. The third-order valence-electron chi connectivity index (χ3n) is 3.79. The van der Waals surface area contributed by atoms with Gasteiger partial charge in [0, 0.05) is 18.8 Å². The van der Waals surface area contributed by atoms with Gasteiger partial charge in [0.15, 0.2) is 0 Å². The van der Waals surface area contributed by atoms with Crippen LogP contribution >= 0.6 is 0 Å². The average Bonchev–Trinajstić information content (AvgIpc) is 2.61. The lowest BCUT2D eigenvalue weighted by molar-refractivity contribution is -0.384. The molecule has 0 aliphatic rings. The maximum Gasteiger partial charge on any atom is 0.292 e. The minimum Gasteiger partial charge on any atom is -0.383 e. The fourth-order valence-corrected chi connectivity index (χ4v) is 2.46. The van der Waals surface area contributed by atoms with Gasteiger partial charge >= 0.3 is 0 Å². The highest BCUT2D eigenvalue weighted by atomic mass is 16.6. The molecule has 0 radical (unpaired) electrons. The highest BCUT2D eigenvalue weighted by Gasteiger charge is 2.15. The molecule has 132 valence electrons. The summed E-state index contributed by atoms with van der Waals surface area (Å²) in [6.45, 7) is 3.80. The van der Waals surface area contributed by atoms with Gasteiger partial charge in [-0.3, -0.25) is 14.9 Å². The second-order valence-electron chi connectivity index (χ2n) is 5.73. The van der Waals surface area contributed by atoms with Crippen molar-refractivity contribution in [3.63, 3.8) is 0 Å². The number of carbonyl (C=O) groups excluding carboxylic acids is 1. The Kier molecular flexibility index (Phi) is 5.71. The largest absolute Gasteiger partial charge is 0.383 e. The van der Waals surface area contributed by atoms with Crippen molar-refractivity contribution in [1.82, 2.24) is 0 Å². The number of hydrogen-bond acceptors (Lipinski definition) is 5. The highest BCUT2D eigenvalue weighted by Crippen LogP contribution is 2.26. The predicted octanol–water partition coefficient (Wildman–Crippen LogP) is 3.80. The zero-order valence-corrected chi connectivity index (χ0v) is 14.7. The smallest absolute Gasteiger partial charge is 0.292 e. The molecule has 1 amide bonds. The topological polar surface area (TPSA) is 108 Å². The number of aryl methyl sites for hydroxylation is 2. The normalized spacial score (nSPS) is 10.8. The van der Waals surface area contributed by atoms with Crippen molar-refractivity contribution in [2.75, 3.05) is 17.7 Å². The summed E-state index contributed by atoms with van der Waals surface area (Å²) < 4.78 is 0. The van der Waals surface area contributed by atoms with E-state index in [-0.39, 0.29) is 11.3 Å². The SMILES string of the molecule is CNc1ccc(/C=C(\C#N)C(=O)Nc2ccc(C)cc2C)cc1[N+](=O)[O-]. The standard InChI is InChI=1S/C19H18N4O3/c1-12-4-6-16(13(2)8-12)22-19(24)15(11-20)9-14-5-7-17(21-3)18(10-14)23(25)26/h4-10,21H,1-3H3,(H,22,24)/b15-9+. The lowest BCUT2D eigenvalue weighted by atomic mass is 10.1. The van der Waals surface area contributed by atoms with Gasteiger partial charge in [0.05, 0.1) is 4.92 Å². The molecule has 2 rings (SSSR count). The Morgan fingerprint density at radius 2 is 1.88 bits per heavy atom. The molecule has 2 aromatic rings. The second-order valence-corrected chi connectivity index (χ2v) is 5.73. The van der Waals surface area contributed by atoms with Crippen LogP contribution in [0.4, 0.5) is 17.1 Å². The Labute approximate surface area is 151 Å². The number of benzene rings is 2. The van der Waals surface area contributed by atoms with Crippen molar-refractivity contribution in [3.05, 3.63) is 68.8 Å². The lowest BCUT2D eigenvalue weighted by Gasteiger charge is -2.08. The van der Waals surface area contributed by atoms with E-state index >= 15 is 0 Å². The van der Waals surface area contributed by atoms with Crippen LogP contribution in [0.2, 0.25) is 0 Å². The van der Waals surface area contributed by atoms with E-state index in [9.17, 15) is 20.2 Å². The first-order valence-electron chi connectivity index (χ1n) is 7.82. The van der Waals surface area contributed by atoms with Crippen LogP contribution in [0.5, 0.6) is 0 Å². The summed E-state index contributed by atoms with van der Waals surface area (Å²) in [5.41, 5.74) is 3.02. The molecule has 2 aromatic carbocycles. The number of nitrogens with one attached hydrogen (secondary N) is 2. The quantitative estimate of drug-likeness (QED) is 0.369. The first kappa shape index (κ1) is 18.7. The minimum absolute atomic E-state index is 0.131. The van der Waals surface area contributed by atoms with Crippen molar-refractivity contribution >= 4 is 29.0 Å². The molecule has 0 aromatic heterocycles. The molecule has 0 saturated carbocycles. The van der Waals surface area contributed by atoms with Crippen molar-refractivity contribution in [2.24, 2.45) is 0 Å². The third-order valence-corrected chi connectivity index (χ3v) is 3.79. The second kappa shape index (κ2) is 7.94. The number of nitro groups is 1. The average molecular weight is 350 g/mol. The Bertz CT molecular complexity index is 942. The number of nitriles is 1. The molecule has 0 heterocycles. The van der Waals surface area contributed by atoms with E-state index in [1.165, 1.54) is 18.2 Å². The van der Waals surface area contributed by atoms with E-state index in [1.54, 1.807) is 19.2 Å². The first-order valence-corrected chi connectivity index (χ1v) is 7.82. The summed E-state index contributed by atoms with van der Waals surface area (Å²) in [6, 6.07) is 11.8. The predicted molar refractivity (Wildman–Crippen MR) is 101 cm³/mol. The van der Waals surface area contributed by atoms with E-state index in [0.717, 1.165) is 11.1 Å². The molecule has 0 atom stereocenters. The summed E-state index contributed by atoms with van der Waals surface area (Å²) in [7, 11) is 1.58. The zero-order valence-electron chi connectivity index (χ0n) is 14.7. The maximum atomic E-state index is 12.4. The monoisotopic (exact) mass is 350 g/mol. The summed E-state index contributed by atoms with van der Waals surface area (Å²) in [5.74, 6) is -0.570. The molecule has 0 unspecified atom stereocenters. The van der Waals surface area contributed by atoms with Gasteiger partial charge in [-0.05, 0) is 43.2 Å². The van der Waals surface area contributed by atoms with Gasteiger partial charge in [0.1, 0.15) is 17.3 Å². The molecule has 7 heteroatoms. The molecule has 0 bridgehead atoms. The van der Waals surface area contributed by atoms with E-state index < -0.39 is 10.8 Å². The van der Waals surface area contributed by atoms with E-state index in [4.69, 9.17) is 0 Å². The Morgan fingerprint density at radius 1 is 1.19 bits per heavy atom. The molecule has 0 aliphatic carbocycles. The molecule has 0 fully saturated rings. The number of nitro benzene ring substituents is 1. The van der Waals surface area contributed by atoms with E-state index in [1.807, 2.05) is 32.0 Å². The van der Waals surface area contributed by atoms with Gasteiger partial charge in [-0.25, -0.2) is 0 Å². The first-order chi connectivity index (χ1) is 12.3. The number of anilines is 2. The van der Waals surface area contributed by atoms with Crippen LogP contribution < -0.4 is 10.6 Å². The number of carbonyl (C=O) groups is 1. The molecule has 0 aliphatic heterocycles. The van der Waals surface area contributed by atoms with E-state index in [2.05, 4.69) is 10.6 Å². The molecule has 0 spiro atoms. The fraction of sp³-hybridized carbons (Fsp3) is 0.158. The Morgan fingerprint density at radius 3 is 2.46 bits per heavy atom. The van der Waals surface area contributed by atoms with E-state index in [0.29, 0.717) is 16.9 Å². The molecule has 0 saturated heterocycles. The minimum atomic E-state index is -0.570. The molecule has 7 nitrogen and oxygen atoms in total. The fourth-order valence-electron chi connectivity index (χ4n) is 2.46. The summed E-state index contributed by atoms with van der Waals surface area (Å²) in [6.07, 6.45) is 1.32. The van der Waals surface area contributed by atoms with Crippen molar-refractivity contribution < 1.29 is 9.72 Å². The van der Waals surface area contributed by atoms with Crippen LogP contribution in [0.3, 0.4) is 0 Å². The third kappa shape index (κ3) is 4.24. The lowest BCUT2D eigenvalue weighted by Crippen LogP contribution is -2.14. The summed E-state index contributed by atoms with van der Waals surface area (Å²) >= 11 is 0. The summed E-state index contributed by atoms with van der Waals surface area (Å²) in [4.78, 5) is 23.0. The van der Waals surface area contributed by atoms with Gasteiger partial charge in [-0.15, -0.1) is 0 Å². The van der Waals surface area contributed by atoms with Crippen LogP contribution in [0.25, 0.3) is 6.08 Å². The van der Waals surface area contributed by atoms with Crippen LogP contribution in [-0.4, -0.2) is 17.9 Å². The van der Waals surface area contributed by atoms with Crippen molar-refractivity contribution in [3.8, 4) is 6.07 Å². The number of nitrogens with zero attached hydrogens (tertiary/aromatic N) is 2. The van der Waals surface area contributed by atoms with Gasteiger partial charge in [0.25, 0.3) is 11.6 Å². The number of hydrogen-bond donors (Lipinski definition) is 2. The molecular weight excluding hydrogens is 332 g/mol. The molecule has 26 heavy (non-hydrogen) atoms. The maximum absolute atomic E-state index is 12.4. The van der Waals surface area contributed by atoms with Crippen LogP contribution in [-0.2, 0) is 4.79 Å². The molecular formula is C19H18N4O3. The van der Waals surface area contributed by atoms with Crippen LogP contribution in [0, 0.1) is 35.3 Å². The highest BCUT2D eigenvalue weighted by molar-refractivity contribution is 6.10. The van der Waals surface area contributed by atoms with Gasteiger partial charge in [-0.1, -0.05) is 23.8 Å². The van der Waals surface area contributed by atoms with Crippen LogP contribution in [0.15, 0.2) is 42.0 Å². The van der Waals surface area contributed by atoms with Crippen molar-refractivity contribution in [1.29, 1.82) is 5.26 Å². The Balaban J connectivity index is 2.32. The van der Waals surface area contributed by atoms with Gasteiger partial charge < -0.3 is 10.6 Å². The Hall–Kier alpha value is -3.66.